The summed E-state index contributed by atoms with van der Waals surface area (Å²) in [6.07, 6.45) is 0. The van der Waals surface area contributed by atoms with Crippen LogP contribution < -0.4 is 5.73 Å². The van der Waals surface area contributed by atoms with Crippen LogP contribution in [0, 0.1) is 0 Å². The fourth-order valence-corrected chi connectivity index (χ4v) is 0. The maximum atomic E-state index is 9.24. The number of carbonyl (C=O) groups is 1. The molecule has 0 bridgehead atoms. The first-order chi connectivity index (χ1) is 4.27. The molecule has 0 radical (unpaired) electrons. The Hall–Kier alpha value is -0.610. The van der Waals surface area contributed by atoms with E-state index in [1.807, 2.05) is 0 Å². The largest absolute Gasteiger partial charge is 0.480 e. The maximum Gasteiger partial charge on any atom is 0.317 e. The lowest BCUT2D eigenvalue weighted by molar-refractivity contribution is -0.135. The van der Waals surface area contributed by atoms with Gasteiger partial charge >= 0.3 is 5.97 Å². The molecule has 0 saturated carbocycles. The highest BCUT2D eigenvalue weighted by molar-refractivity contribution is 5.68. The fraction of sp³-hybridized carbons (Fsp3) is 0.833. The highest BCUT2D eigenvalue weighted by Crippen LogP contribution is 1.93. The van der Waals surface area contributed by atoms with Crippen LogP contribution in [0.1, 0.15) is 20.8 Å². The van der Waals surface area contributed by atoms with Crippen LogP contribution in [-0.4, -0.2) is 28.3 Å². The second kappa shape index (κ2) is 5.20. The van der Waals surface area contributed by atoms with Gasteiger partial charge in [0.15, 0.2) is 0 Å². The Kier molecular flexibility index (Phi) is 6.29. The SMILES string of the molecule is CC(C)(C)O.NCC(=O)O. The van der Waals surface area contributed by atoms with Gasteiger partial charge in [0.1, 0.15) is 0 Å². The number of carboxylic acid groups (broad SMARTS) is 1. The Labute approximate surface area is 60.7 Å². The predicted molar refractivity (Wildman–Crippen MR) is 38.7 cm³/mol. The van der Waals surface area contributed by atoms with E-state index in [1.54, 1.807) is 20.8 Å². The fourth-order valence-electron chi connectivity index (χ4n) is 0. The quantitative estimate of drug-likeness (QED) is 0.482. The van der Waals surface area contributed by atoms with E-state index in [0.717, 1.165) is 0 Å². The number of hydrogen-bond donors (Lipinski definition) is 3. The molecular weight excluding hydrogens is 134 g/mol. The number of nitrogens with two attached hydrogens (primary N) is 1. The number of rotatable bonds is 1. The van der Waals surface area contributed by atoms with Crippen LogP contribution in [0.15, 0.2) is 0 Å². The van der Waals surface area contributed by atoms with Crippen molar-refractivity contribution in [3.8, 4) is 0 Å². The normalized spacial score (nSPS) is 9.70. The molecule has 10 heavy (non-hydrogen) atoms. The van der Waals surface area contributed by atoms with Crippen LogP contribution in [0.5, 0.6) is 0 Å². The lowest BCUT2D eigenvalue weighted by Crippen LogP contribution is -2.10. The van der Waals surface area contributed by atoms with Crippen molar-refractivity contribution in [3.05, 3.63) is 0 Å². The average molecular weight is 149 g/mol. The molecular formula is C6H15NO3. The lowest BCUT2D eigenvalue weighted by Gasteiger charge is -2.04. The molecule has 0 aliphatic rings. The van der Waals surface area contributed by atoms with Gasteiger partial charge in [0.05, 0.1) is 12.1 Å². The molecule has 0 aliphatic heterocycles. The third kappa shape index (κ3) is 156. The van der Waals surface area contributed by atoms with E-state index < -0.39 is 11.6 Å². The molecule has 0 unspecified atom stereocenters. The number of aliphatic hydroxyl groups is 1. The first-order valence-electron chi connectivity index (χ1n) is 2.91. The molecule has 0 atom stereocenters. The second-order valence-corrected chi connectivity index (χ2v) is 2.77. The van der Waals surface area contributed by atoms with E-state index in [0.29, 0.717) is 0 Å². The first kappa shape index (κ1) is 12.1. The zero-order valence-electron chi connectivity index (χ0n) is 6.59. The molecule has 0 saturated heterocycles. The Morgan fingerprint density at radius 1 is 1.50 bits per heavy atom. The van der Waals surface area contributed by atoms with Crippen molar-refractivity contribution < 1.29 is 15.0 Å². The van der Waals surface area contributed by atoms with Gasteiger partial charge in [-0.15, -0.1) is 0 Å². The number of hydrogen-bond acceptors (Lipinski definition) is 3. The van der Waals surface area contributed by atoms with Crippen molar-refractivity contribution >= 4 is 5.97 Å². The van der Waals surface area contributed by atoms with E-state index in [2.05, 4.69) is 5.73 Å². The highest BCUT2D eigenvalue weighted by atomic mass is 16.4. The van der Waals surface area contributed by atoms with Crippen molar-refractivity contribution in [2.45, 2.75) is 26.4 Å². The van der Waals surface area contributed by atoms with Gasteiger partial charge in [-0.3, -0.25) is 4.79 Å². The Bertz CT molecular complexity index is 89.7. The minimum atomic E-state index is -0.968. The smallest absolute Gasteiger partial charge is 0.317 e. The first-order valence-corrected chi connectivity index (χ1v) is 2.91. The lowest BCUT2D eigenvalue weighted by atomic mass is 10.2. The van der Waals surface area contributed by atoms with E-state index in [9.17, 15) is 4.79 Å². The zero-order valence-corrected chi connectivity index (χ0v) is 6.59. The Morgan fingerprint density at radius 2 is 1.60 bits per heavy atom. The van der Waals surface area contributed by atoms with Crippen LogP contribution in [0.25, 0.3) is 0 Å². The molecule has 0 heterocycles. The van der Waals surface area contributed by atoms with E-state index in [4.69, 9.17) is 10.2 Å². The summed E-state index contributed by atoms with van der Waals surface area (Å²) in [4.78, 5) is 9.24. The van der Waals surface area contributed by atoms with Crippen molar-refractivity contribution in [2.24, 2.45) is 5.73 Å². The molecule has 0 aliphatic carbocycles. The topological polar surface area (TPSA) is 83.5 Å². The van der Waals surface area contributed by atoms with Crippen molar-refractivity contribution in [1.82, 2.24) is 0 Å². The van der Waals surface area contributed by atoms with Crippen LogP contribution in [0.3, 0.4) is 0 Å². The predicted octanol–water partition coefficient (Wildman–Crippen LogP) is -0.193. The van der Waals surface area contributed by atoms with Gasteiger partial charge in [0, 0.05) is 0 Å². The standard InChI is InChI=1S/C4H10O.C2H5NO2/c1-4(2,3)5;3-1-2(4)5/h5H,1-3H3;1,3H2,(H,4,5). The number of aliphatic carboxylic acids is 1. The van der Waals surface area contributed by atoms with Gasteiger partial charge in [-0.25, -0.2) is 0 Å². The summed E-state index contributed by atoms with van der Waals surface area (Å²) in [5.41, 5.74) is 4.07. The molecule has 0 rings (SSSR count). The van der Waals surface area contributed by atoms with Crippen LogP contribution in [0.2, 0.25) is 0 Å². The van der Waals surface area contributed by atoms with E-state index in [1.165, 1.54) is 0 Å². The van der Waals surface area contributed by atoms with Gasteiger partial charge in [0.2, 0.25) is 0 Å². The minimum Gasteiger partial charge on any atom is -0.480 e. The summed E-state index contributed by atoms with van der Waals surface area (Å²) in [6.45, 7) is 4.95. The summed E-state index contributed by atoms with van der Waals surface area (Å²) in [7, 11) is 0. The highest BCUT2D eigenvalue weighted by Gasteiger charge is 1.97. The van der Waals surface area contributed by atoms with E-state index >= 15 is 0 Å². The molecule has 0 aromatic carbocycles. The van der Waals surface area contributed by atoms with E-state index in [-0.39, 0.29) is 6.54 Å². The third-order valence-electron chi connectivity index (χ3n) is 0.175. The van der Waals surface area contributed by atoms with Gasteiger partial charge < -0.3 is 15.9 Å². The monoisotopic (exact) mass is 149 g/mol. The Morgan fingerprint density at radius 3 is 1.60 bits per heavy atom. The van der Waals surface area contributed by atoms with Crippen molar-refractivity contribution in [2.75, 3.05) is 6.54 Å². The van der Waals surface area contributed by atoms with Gasteiger partial charge in [0.25, 0.3) is 0 Å². The zero-order chi connectivity index (χ0) is 8.78. The number of carboxylic acids is 1. The Balaban J connectivity index is 0. The van der Waals surface area contributed by atoms with Crippen LogP contribution >= 0.6 is 0 Å². The summed E-state index contributed by atoms with van der Waals surface area (Å²) < 4.78 is 0. The molecule has 4 nitrogen and oxygen atoms in total. The van der Waals surface area contributed by atoms with Gasteiger partial charge in [-0.05, 0) is 20.8 Å². The molecule has 0 fully saturated rings. The molecule has 0 aromatic rings. The summed E-state index contributed by atoms with van der Waals surface area (Å²) in [6, 6.07) is 0. The van der Waals surface area contributed by atoms with Gasteiger partial charge in [-0.1, -0.05) is 0 Å². The van der Waals surface area contributed by atoms with Gasteiger partial charge in [-0.2, -0.15) is 0 Å². The minimum absolute atomic E-state index is 0.278. The second-order valence-electron chi connectivity index (χ2n) is 2.77. The molecule has 4 heteroatoms. The molecule has 4 N–H and O–H groups in total. The average Bonchev–Trinajstić information content (AvgIpc) is 1.61. The molecule has 0 aromatic heterocycles. The van der Waals surface area contributed by atoms with Crippen molar-refractivity contribution in [1.29, 1.82) is 0 Å². The van der Waals surface area contributed by atoms with Crippen LogP contribution in [-0.2, 0) is 4.79 Å². The summed E-state index contributed by atoms with van der Waals surface area (Å²) >= 11 is 0. The summed E-state index contributed by atoms with van der Waals surface area (Å²) in [5, 5.41) is 16.1. The van der Waals surface area contributed by atoms with Crippen LogP contribution in [0.4, 0.5) is 0 Å². The van der Waals surface area contributed by atoms with Crippen molar-refractivity contribution in [3.63, 3.8) is 0 Å². The third-order valence-corrected chi connectivity index (χ3v) is 0.175. The molecule has 62 valence electrons. The molecule has 0 amide bonds. The maximum absolute atomic E-state index is 9.24. The molecule has 0 spiro atoms. The summed E-state index contributed by atoms with van der Waals surface area (Å²) in [5.74, 6) is -0.968.